The van der Waals surface area contributed by atoms with Crippen LogP contribution in [0.15, 0.2) is 72.9 Å². The van der Waals surface area contributed by atoms with Gasteiger partial charge in [-0.15, -0.1) is 0 Å². The predicted octanol–water partition coefficient (Wildman–Crippen LogP) is 6.49. The Morgan fingerprint density at radius 2 is 1.79 bits per heavy atom. The largest absolute Gasteiger partial charge is 0.484 e. The van der Waals surface area contributed by atoms with Crippen molar-refractivity contribution >= 4 is 28.4 Å². The standard InChI is InChI=1S/C27H27ClFN3O2/c1-17(31-26(33)27(2,3)4)25(22-7-5-6-8-23(22)28)34-21-13-14-24-18(15-21)16-30-32(24)20-11-9-19(29)10-12-20/h5-17,25H,1-4H3,(H,31,33)/t17-,25+/m0/s1. The maximum Gasteiger partial charge on any atom is 0.225 e. The van der Waals surface area contributed by atoms with Crippen LogP contribution in [-0.2, 0) is 4.79 Å². The molecular weight excluding hydrogens is 453 g/mol. The number of halogens is 2. The van der Waals surface area contributed by atoms with Crippen molar-refractivity contribution in [2.24, 2.45) is 5.41 Å². The number of hydrogen-bond donors (Lipinski definition) is 1. The van der Waals surface area contributed by atoms with Gasteiger partial charge in [-0.25, -0.2) is 9.07 Å². The highest BCUT2D eigenvalue weighted by Gasteiger charge is 2.29. The van der Waals surface area contributed by atoms with Crippen LogP contribution in [0.25, 0.3) is 16.6 Å². The van der Waals surface area contributed by atoms with Crippen molar-refractivity contribution in [3.05, 3.63) is 89.3 Å². The van der Waals surface area contributed by atoms with Gasteiger partial charge in [-0.05, 0) is 55.5 Å². The third-order valence-corrected chi connectivity index (χ3v) is 5.92. The molecule has 0 radical (unpaired) electrons. The quantitative estimate of drug-likeness (QED) is 0.344. The van der Waals surface area contributed by atoms with E-state index in [0.29, 0.717) is 10.8 Å². The Balaban J connectivity index is 1.65. The molecule has 1 aromatic heterocycles. The molecule has 0 bridgehead atoms. The van der Waals surface area contributed by atoms with Crippen molar-refractivity contribution < 1.29 is 13.9 Å². The second-order valence-corrected chi connectivity index (χ2v) is 9.73. The van der Waals surface area contributed by atoms with Crippen molar-refractivity contribution in [2.45, 2.75) is 39.8 Å². The fraction of sp³-hybridized carbons (Fsp3) is 0.259. The number of hydrogen-bond acceptors (Lipinski definition) is 3. The van der Waals surface area contributed by atoms with E-state index in [1.807, 2.05) is 70.2 Å². The minimum atomic E-state index is -0.535. The topological polar surface area (TPSA) is 56.1 Å². The summed E-state index contributed by atoms with van der Waals surface area (Å²) in [5, 5.41) is 8.94. The molecule has 4 rings (SSSR count). The summed E-state index contributed by atoms with van der Waals surface area (Å²) in [6.45, 7) is 7.51. The number of amides is 1. The van der Waals surface area contributed by atoms with Crippen molar-refractivity contribution in [1.29, 1.82) is 0 Å². The number of rotatable bonds is 6. The molecule has 7 heteroatoms. The van der Waals surface area contributed by atoms with E-state index in [9.17, 15) is 9.18 Å². The van der Waals surface area contributed by atoms with E-state index >= 15 is 0 Å². The smallest absolute Gasteiger partial charge is 0.225 e. The molecule has 0 fully saturated rings. The lowest BCUT2D eigenvalue weighted by molar-refractivity contribution is -0.129. The molecule has 0 aliphatic heterocycles. The summed E-state index contributed by atoms with van der Waals surface area (Å²) in [7, 11) is 0. The van der Waals surface area contributed by atoms with Gasteiger partial charge < -0.3 is 10.1 Å². The zero-order valence-corrected chi connectivity index (χ0v) is 20.3. The summed E-state index contributed by atoms with van der Waals surface area (Å²) in [5.41, 5.74) is 1.88. The second-order valence-electron chi connectivity index (χ2n) is 9.33. The SMILES string of the molecule is C[C@H](NC(=O)C(C)(C)C)[C@@H](Oc1ccc2c(cnn2-c2ccc(F)cc2)c1)c1ccccc1Cl. The van der Waals surface area contributed by atoms with Crippen molar-refractivity contribution in [1.82, 2.24) is 15.1 Å². The summed E-state index contributed by atoms with van der Waals surface area (Å²) in [6, 6.07) is 18.9. The average Bonchev–Trinajstić information content (AvgIpc) is 3.21. The summed E-state index contributed by atoms with van der Waals surface area (Å²) in [6.07, 6.45) is 1.23. The van der Waals surface area contributed by atoms with Gasteiger partial charge in [-0.1, -0.05) is 50.6 Å². The molecule has 2 atom stereocenters. The van der Waals surface area contributed by atoms with Crippen LogP contribution >= 0.6 is 11.6 Å². The van der Waals surface area contributed by atoms with Gasteiger partial charge in [0.15, 0.2) is 0 Å². The Morgan fingerprint density at radius 3 is 2.47 bits per heavy atom. The van der Waals surface area contributed by atoms with Gasteiger partial charge in [-0.3, -0.25) is 4.79 Å². The lowest BCUT2D eigenvalue weighted by atomic mass is 9.94. The fourth-order valence-corrected chi connectivity index (χ4v) is 3.90. The molecule has 1 heterocycles. The molecule has 0 saturated heterocycles. The first-order chi connectivity index (χ1) is 16.1. The van der Waals surface area contributed by atoms with E-state index < -0.39 is 11.5 Å². The molecule has 1 amide bonds. The Morgan fingerprint density at radius 1 is 1.09 bits per heavy atom. The zero-order chi connectivity index (χ0) is 24.5. The van der Waals surface area contributed by atoms with E-state index in [-0.39, 0.29) is 17.8 Å². The molecule has 0 saturated carbocycles. The molecular formula is C27H27ClFN3O2. The van der Waals surface area contributed by atoms with Crippen LogP contribution in [0.1, 0.15) is 39.4 Å². The molecule has 176 valence electrons. The number of carbonyl (C=O) groups is 1. The Hall–Kier alpha value is -3.38. The molecule has 0 unspecified atom stereocenters. The Kier molecular flexibility index (Phi) is 6.62. The molecule has 3 aromatic carbocycles. The third kappa shape index (κ3) is 5.07. The number of fused-ring (bicyclic) bond motifs is 1. The lowest BCUT2D eigenvalue weighted by Gasteiger charge is -2.29. The minimum Gasteiger partial charge on any atom is -0.484 e. The summed E-state index contributed by atoms with van der Waals surface area (Å²) < 4.78 is 21.5. The van der Waals surface area contributed by atoms with Gasteiger partial charge in [0.2, 0.25) is 5.91 Å². The molecule has 34 heavy (non-hydrogen) atoms. The number of aromatic nitrogens is 2. The zero-order valence-electron chi connectivity index (χ0n) is 19.5. The highest BCUT2D eigenvalue weighted by molar-refractivity contribution is 6.31. The van der Waals surface area contributed by atoms with Crippen molar-refractivity contribution in [2.75, 3.05) is 0 Å². The summed E-state index contributed by atoms with van der Waals surface area (Å²) in [4.78, 5) is 12.6. The fourth-order valence-electron chi connectivity index (χ4n) is 3.66. The van der Waals surface area contributed by atoms with E-state index in [1.54, 1.807) is 23.0 Å². The van der Waals surface area contributed by atoms with Crippen LogP contribution in [0.3, 0.4) is 0 Å². The summed E-state index contributed by atoms with van der Waals surface area (Å²) in [5.74, 6) is 0.249. The first-order valence-electron chi connectivity index (χ1n) is 11.1. The van der Waals surface area contributed by atoms with Gasteiger partial charge in [0.05, 0.1) is 23.4 Å². The Labute approximate surface area is 203 Å². The van der Waals surface area contributed by atoms with Crippen LogP contribution in [0.4, 0.5) is 4.39 Å². The van der Waals surface area contributed by atoms with Gasteiger partial charge in [0.1, 0.15) is 17.7 Å². The van der Waals surface area contributed by atoms with Gasteiger partial charge >= 0.3 is 0 Å². The predicted molar refractivity (Wildman–Crippen MR) is 133 cm³/mol. The minimum absolute atomic E-state index is 0.0725. The van der Waals surface area contributed by atoms with Gasteiger partial charge in [0.25, 0.3) is 0 Å². The van der Waals surface area contributed by atoms with E-state index in [2.05, 4.69) is 10.4 Å². The third-order valence-electron chi connectivity index (χ3n) is 5.58. The first-order valence-corrected chi connectivity index (χ1v) is 11.5. The number of carbonyl (C=O) groups excluding carboxylic acids is 1. The Bertz CT molecular complexity index is 1310. The highest BCUT2D eigenvalue weighted by Crippen LogP contribution is 2.32. The second kappa shape index (κ2) is 9.47. The monoisotopic (exact) mass is 479 g/mol. The molecule has 0 spiro atoms. The van der Waals surface area contributed by atoms with E-state index in [0.717, 1.165) is 22.2 Å². The average molecular weight is 480 g/mol. The van der Waals surface area contributed by atoms with E-state index in [1.165, 1.54) is 12.1 Å². The van der Waals surface area contributed by atoms with Gasteiger partial charge in [-0.2, -0.15) is 5.10 Å². The number of nitrogens with zero attached hydrogens (tertiary/aromatic N) is 2. The molecule has 0 aliphatic rings. The maximum atomic E-state index is 13.3. The molecule has 0 aliphatic carbocycles. The van der Waals surface area contributed by atoms with Crippen LogP contribution in [0, 0.1) is 11.2 Å². The van der Waals surface area contributed by atoms with Crippen LogP contribution in [-0.4, -0.2) is 21.7 Å². The van der Waals surface area contributed by atoms with Crippen molar-refractivity contribution in [3.63, 3.8) is 0 Å². The van der Waals surface area contributed by atoms with E-state index in [4.69, 9.17) is 16.3 Å². The summed E-state index contributed by atoms with van der Waals surface area (Å²) >= 11 is 6.50. The van der Waals surface area contributed by atoms with Crippen LogP contribution in [0.2, 0.25) is 5.02 Å². The number of ether oxygens (including phenoxy) is 1. The first kappa shape index (κ1) is 23.8. The normalized spacial score (nSPS) is 13.5. The van der Waals surface area contributed by atoms with Crippen LogP contribution < -0.4 is 10.1 Å². The van der Waals surface area contributed by atoms with Crippen molar-refractivity contribution in [3.8, 4) is 11.4 Å². The van der Waals surface area contributed by atoms with Crippen LogP contribution in [0.5, 0.6) is 5.75 Å². The molecule has 4 aromatic rings. The highest BCUT2D eigenvalue weighted by atomic mass is 35.5. The lowest BCUT2D eigenvalue weighted by Crippen LogP contribution is -2.44. The molecule has 1 N–H and O–H groups in total. The number of benzene rings is 3. The maximum absolute atomic E-state index is 13.3. The molecule has 5 nitrogen and oxygen atoms in total. The van der Waals surface area contributed by atoms with Gasteiger partial charge in [0, 0.05) is 21.4 Å². The number of nitrogens with one attached hydrogen (secondary N) is 1.